The molecular formula is C15H21ClN2O3S. The van der Waals surface area contributed by atoms with Crippen LogP contribution in [0.3, 0.4) is 0 Å². The molecule has 1 fully saturated rings. The normalized spacial score (nSPS) is 15.1. The summed E-state index contributed by atoms with van der Waals surface area (Å²) in [6, 6.07) is 6.66. The minimum absolute atomic E-state index is 0.113. The molecule has 22 heavy (non-hydrogen) atoms. The predicted molar refractivity (Wildman–Crippen MR) is 88.7 cm³/mol. The summed E-state index contributed by atoms with van der Waals surface area (Å²) in [5.74, 6) is 0.113. The number of halogens is 1. The van der Waals surface area contributed by atoms with E-state index in [2.05, 4.69) is 0 Å². The highest BCUT2D eigenvalue weighted by Crippen LogP contribution is 2.21. The molecule has 0 saturated carbocycles. The van der Waals surface area contributed by atoms with Crippen LogP contribution in [0.5, 0.6) is 0 Å². The van der Waals surface area contributed by atoms with E-state index < -0.39 is 10.0 Å². The number of carbonyl (C=O) groups is 1. The van der Waals surface area contributed by atoms with E-state index in [0.29, 0.717) is 30.1 Å². The van der Waals surface area contributed by atoms with Gasteiger partial charge in [-0.05, 0) is 43.5 Å². The SMILES string of the molecule is CS(=O)(=O)N(CCCC(=O)N1CCCC1)c1ccc(Cl)cc1. The van der Waals surface area contributed by atoms with Gasteiger partial charge in [0.1, 0.15) is 0 Å². The Morgan fingerprint density at radius 1 is 1.23 bits per heavy atom. The molecule has 122 valence electrons. The second-order valence-electron chi connectivity index (χ2n) is 5.50. The van der Waals surface area contributed by atoms with Crippen LogP contribution < -0.4 is 4.31 Å². The molecule has 0 aromatic heterocycles. The summed E-state index contributed by atoms with van der Waals surface area (Å²) in [6.45, 7) is 1.94. The van der Waals surface area contributed by atoms with Gasteiger partial charge in [-0.15, -0.1) is 0 Å². The van der Waals surface area contributed by atoms with Gasteiger partial charge in [0.15, 0.2) is 0 Å². The second kappa shape index (κ2) is 7.33. The molecular weight excluding hydrogens is 324 g/mol. The van der Waals surface area contributed by atoms with Gasteiger partial charge < -0.3 is 4.90 Å². The van der Waals surface area contributed by atoms with Gasteiger partial charge in [0, 0.05) is 31.1 Å². The molecule has 1 saturated heterocycles. The summed E-state index contributed by atoms with van der Waals surface area (Å²) >= 11 is 5.83. The maximum atomic E-state index is 12.0. The van der Waals surface area contributed by atoms with Gasteiger partial charge in [-0.2, -0.15) is 0 Å². The van der Waals surface area contributed by atoms with E-state index >= 15 is 0 Å². The average Bonchev–Trinajstić information content (AvgIpc) is 2.97. The number of amides is 1. The first kappa shape index (κ1) is 17.1. The third-order valence-electron chi connectivity index (χ3n) is 3.73. The highest BCUT2D eigenvalue weighted by Gasteiger charge is 2.20. The van der Waals surface area contributed by atoms with Crippen LogP contribution in [0.15, 0.2) is 24.3 Å². The Kier molecular flexibility index (Phi) is 5.69. The zero-order valence-electron chi connectivity index (χ0n) is 12.7. The number of likely N-dealkylation sites (tertiary alicyclic amines) is 1. The maximum absolute atomic E-state index is 12.0. The number of anilines is 1. The lowest BCUT2D eigenvalue weighted by Gasteiger charge is -2.23. The first-order valence-electron chi connectivity index (χ1n) is 7.39. The van der Waals surface area contributed by atoms with Crippen molar-refractivity contribution in [1.29, 1.82) is 0 Å². The summed E-state index contributed by atoms with van der Waals surface area (Å²) in [7, 11) is -3.38. The quantitative estimate of drug-likeness (QED) is 0.796. The Morgan fingerprint density at radius 3 is 2.36 bits per heavy atom. The third-order valence-corrected chi connectivity index (χ3v) is 5.17. The van der Waals surface area contributed by atoms with E-state index in [4.69, 9.17) is 11.6 Å². The molecule has 0 spiro atoms. The Balaban J connectivity index is 1.96. The molecule has 1 aliphatic rings. The van der Waals surface area contributed by atoms with Crippen molar-refractivity contribution in [3.8, 4) is 0 Å². The van der Waals surface area contributed by atoms with E-state index in [1.807, 2.05) is 4.90 Å². The first-order chi connectivity index (χ1) is 10.4. The van der Waals surface area contributed by atoms with Gasteiger partial charge in [-0.25, -0.2) is 8.42 Å². The van der Waals surface area contributed by atoms with Crippen LogP contribution in [0.25, 0.3) is 0 Å². The molecule has 0 N–H and O–H groups in total. The summed E-state index contributed by atoms with van der Waals surface area (Å²) in [5, 5.41) is 0.557. The predicted octanol–water partition coefficient (Wildman–Crippen LogP) is 2.51. The van der Waals surface area contributed by atoms with Gasteiger partial charge in [-0.3, -0.25) is 9.10 Å². The van der Waals surface area contributed by atoms with Crippen LogP contribution in [0.2, 0.25) is 5.02 Å². The van der Waals surface area contributed by atoms with Crippen LogP contribution in [-0.2, 0) is 14.8 Å². The molecule has 1 amide bonds. The Morgan fingerprint density at radius 2 is 1.82 bits per heavy atom. The molecule has 0 atom stereocenters. The summed E-state index contributed by atoms with van der Waals surface area (Å²) in [4.78, 5) is 13.9. The fourth-order valence-electron chi connectivity index (χ4n) is 2.59. The van der Waals surface area contributed by atoms with E-state index in [1.165, 1.54) is 10.6 Å². The number of sulfonamides is 1. The lowest BCUT2D eigenvalue weighted by molar-refractivity contribution is -0.130. The van der Waals surface area contributed by atoms with Crippen molar-refractivity contribution in [2.75, 3.05) is 30.2 Å². The van der Waals surface area contributed by atoms with Gasteiger partial charge >= 0.3 is 0 Å². The molecule has 1 aliphatic heterocycles. The number of benzene rings is 1. The molecule has 0 unspecified atom stereocenters. The Labute approximate surface area is 136 Å². The molecule has 7 heteroatoms. The van der Waals surface area contributed by atoms with Crippen LogP contribution in [-0.4, -0.2) is 45.1 Å². The number of hydrogen-bond acceptors (Lipinski definition) is 3. The highest BCUT2D eigenvalue weighted by molar-refractivity contribution is 7.92. The number of nitrogens with zero attached hydrogens (tertiary/aromatic N) is 2. The maximum Gasteiger partial charge on any atom is 0.232 e. The molecule has 0 aliphatic carbocycles. The first-order valence-corrected chi connectivity index (χ1v) is 9.61. The summed E-state index contributed by atoms with van der Waals surface area (Å²) in [6.07, 6.45) is 4.17. The van der Waals surface area contributed by atoms with Crippen molar-refractivity contribution in [3.63, 3.8) is 0 Å². The third kappa shape index (κ3) is 4.61. The topological polar surface area (TPSA) is 57.7 Å². The second-order valence-corrected chi connectivity index (χ2v) is 7.85. The van der Waals surface area contributed by atoms with Crippen molar-refractivity contribution in [2.24, 2.45) is 0 Å². The lowest BCUT2D eigenvalue weighted by atomic mass is 10.2. The zero-order valence-corrected chi connectivity index (χ0v) is 14.2. The number of carbonyl (C=O) groups excluding carboxylic acids is 1. The van der Waals surface area contributed by atoms with Crippen molar-refractivity contribution >= 4 is 33.2 Å². The van der Waals surface area contributed by atoms with Crippen LogP contribution in [0.1, 0.15) is 25.7 Å². The average molecular weight is 345 g/mol. The van der Waals surface area contributed by atoms with Gasteiger partial charge in [0.05, 0.1) is 11.9 Å². The molecule has 0 bridgehead atoms. The highest BCUT2D eigenvalue weighted by atomic mass is 35.5. The van der Waals surface area contributed by atoms with Crippen LogP contribution in [0.4, 0.5) is 5.69 Å². The molecule has 5 nitrogen and oxygen atoms in total. The molecule has 1 aromatic carbocycles. The molecule has 1 heterocycles. The van der Waals surface area contributed by atoms with Crippen molar-refractivity contribution in [2.45, 2.75) is 25.7 Å². The Bertz CT molecular complexity index is 610. The molecule has 1 aromatic rings. The minimum Gasteiger partial charge on any atom is -0.343 e. The fourth-order valence-corrected chi connectivity index (χ4v) is 3.68. The van der Waals surface area contributed by atoms with Crippen LogP contribution in [0, 0.1) is 0 Å². The smallest absolute Gasteiger partial charge is 0.232 e. The largest absolute Gasteiger partial charge is 0.343 e. The fraction of sp³-hybridized carbons (Fsp3) is 0.533. The van der Waals surface area contributed by atoms with E-state index in [9.17, 15) is 13.2 Å². The molecule has 2 rings (SSSR count). The van der Waals surface area contributed by atoms with Gasteiger partial charge in [0.25, 0.3) is 0 Å². The summed E-state index contributed by atoms with van der Waals surface area (Å²) in [5.41, 5.74) is 0.570. The van der Waals surface area contributed by atoms with Crippen molar-refractivity contribution in [3.05, 3.63) is 29.3 Å². The van der Waals surface area contributed by atoms with Crippen molar-refractivity contribution in [1.82, 2.24) is 4.90 Å². The number of hydrogen-bond donors (Lipinski definition) is 0. The van der Waals surface area contributed by atoms with Gasteiger partial charge in [0.2, 0.25) is 15.9 Å². The Hall–Kier alpha value is -1.27. The van der Waals surface area contributed by atoms with E-state index in [1.54, 1.807) is 24.3 Å². The van der Waals surface area contributed by atoms with Crippen LogP contribution >= 0.6 is 11.6 Å². The molecule has 0 radical (unpaired) electrons. The minimum atomic E-state index is -3.38. The van der Waals surface area contributed by atoms with Crippen molar-refractivity contribution < 1.29 is 13.2 Å². The lowest BCUT2D eigenvalue weighted by Crippen LogP contribution is -2.32. The van der Waals surface area contributed by atoms with E-state index in [-0.39, 0.29) is 5.91 Å². The van der Waals surface area contributed by atoms with Gasteiger partial charge in [-0.1, -0.05) is 11.6 Å². The summed E-state index contributed by atoms with van der Waals surface area (Å²) < 4.78 is 25.2. The number of rotatable bonds is 6. The van der Waals surface area contributed by atoms with E-state index in [0.717, 1.165) is 25.9 Å². The zero-order chi connectivity index (χ0) is 16.2. The monoisotopic (exact) mass is 344 g/mol. The standard InChI is InChI=1S/C15H21ClN2O3S/c1-22(20,21)18(14-8-6-13(16)7-9-14)12-4-5-15(19)17-10-2-3-11-17/h6-9H,2-5,10-12H2,1H3.